The second-order valence-corrected chi connectivity index (χ2v) is 6.77. The number of likely N-dealkylation sites (tertiary alicyclic amines) is 1. The summed E-state index contributed by atoms with van der Waals surface area (Å²) in [6.07, 6.45) is 3.31. The maximum Gasteiger partial charge on any atom is 0.239 e. The summed E-state index contributed by atoms with van der Waals surface area (Å²) in [4.78, 5) is 30.5. The van der Waals surface area contributed by atoms with Crippen LogP contribution in [0, 0.1) is 5.92 Å². The molecule has 1 fully saturated rings. The largest absolute Gasteiger partial charge is 0.368 e. The van der Waals surface area contributed by atoms with Gasteiger partial charge >= 0.3 is 0 Å². The Labute approximate surface area is 144 Å². The Morgan fingerprint density at radius 2 is 2.12 bits per heavy atom. The molecule has 0 saturated carbocycles. The Morgan fingerprint density at radius 1 is 1.33 bits per heavy atom. The fourth-order valence-corrected chi connectivity index (χ4v) is 3.67. The molecule has 1 aromatic heterocycles. The predicted molar refractivity (Wildman–Crippen MR) is 93.4 cm³/mol. The lowest BCUT2D eigenvalue weighted by molar-refractivity contribution is -0.127. The summed E-state index contributed by atoms with van der Waals surface area (Å²) in [6.45, 7) is 1.27. The Hall–Kier alpha value is -2.25. The molecule has 24 heavy (non-hydrogen) atoms. The molecule has 2 aromatic rings. The van der Waals surface area contributed by atoms with Crippen molar-refractivity contribution in [3.05, 3.63) is 47.5 Å². The minimum absolute atomic E-state index is 0.0501. The molecule has 1 aliphatic heterocycles. The minimum Gasteiger partial charge on any atom is -0.368 e. The first-order valence-electron chi connectivity index (χ1n) is 7.94. The number of nitrogens with zero attached hydrogens (tertiary/aromatic N) is 2. The van der Waals surface area contributed by atoms with Gasteiger partial charge in [-0.3, -0.25) is 14.5 Å². The minimum atomic E-state index is -0.498. The van der Waals surface area contributed by atoms with E-state index >= 15 is 0 Å². The molecule has 3 rings (SSSR count). The Morgan fingerprint density at radius 3 is 2.79 bits per heavy atom. The van der Waals surface area contributed by atoms with Gasteiger partial charge in [0.25, 0.3) is 0 Å². The molecule has 0 radical (unpaired) electrons. The molecule has 3 N–H and O–H groups in total. The molecule has 1 saturated heterocycles. The molecule has 2 atom stereocenters. The lowest BCUT2D eigenvalue weighted by atomic mass is 9.94. The highest BCUT2D eigenvalue weighted by Crippen LogP contribution is 2.27. The van der Waals surface area contributed by atoms with Gasteiger partial charge in [0.15, 0.2) is 5.13 Å². The first kappa shape index (κ1) is 16.6. The Balaban J connectivity index is 1.71. The van der Waals surface area contributed by atoms with E-state index in [0.717, 1.165) is 24.9 Å². The van der Waals surface area contributed by atoms with Gasteiger partial charge in [0.2, 0.25) is 11.8 Å². The number of nitrogens with two attached hydrogens (primary N) is 1. The third-order valence-corrected chi connectivity index (χ3v) is 4.92. The number of hydrogen-bond acceptors (Lipinski definition) is 5. The van der Waals surface area contributed by atoms with Crippen LogP contribution >= 0.6 is 11.3 Å². The number of primary amides is 1. The summed E-state index contributed by atoms with van der Waals surface area (Å²) in [5, 5.41) is 5.27. The van der Waals surface area contributed by atoms with E-state index in [-0.39, 0.29) is 17.7 Å². The third-order valence-electron chi connectivity index (χ3n) is 4.24. The standard InChI is InChI=1S/C17H20N4O2S/c18-15(22)14(12-5-2-1-3-6-12)21-9-4-7-13(11-21)16(23)20-17-19-8-10-24-17/h1-3,5-6,8,10,13-14H,4,7,9,11H2,(H2,18,22)(H,19,20,23)/t13-,14+/m1/s1. The van der Waals surface area contributed by atoms with Crippen molar-refractivity contribution in [1.29, 1.82) is 0 Å². The van der Waals surface area contributed by atoms with Crippen LogP contribution in [0.25, 0.3) is 0 Å². The van der Waals surface area contributed by atoms with E-state index < -0.39 is 6.04 Å². The van der Waals surface area contributed by atoms with Gasteiger partial charge in [-0.25, -0.2) is 4.98 Å². The highest BCUT2D eigenvalue weighted by Gasteiger charge is 2.33. The van der Waals surface area contributed by atoms with E-state index in [9.17, 15) is 9.59 Å². The first-order chi connectivity index (χ1) is 11.6. The smallest absolute Gasteiger partial charge is 0.239 e. The highest BCUT2D eigenvalue weighted by atomic mass is 32.1. The first-order valence-corrected chi connectivity index (χ1v) is 8.82. The monoisotopic (exact) mass is 344 g/mol. The van der Waals surface area contributed by atoms with Crippen molar-refractivity contribution < 1.29 is 9.59 Å². The fourth-order valence-electron chi connectivity index (χ4n) is 3.14. The summed E-state index contributed by atoms with van der Waals surface area (Å²) in [7, 11) is 0. The number of piperidine rings is 1. The lowest BCUT2D eigenvalue weighted by Crippen LogP contribution is -2.46. The van der Waals surface area contributed by atoms with E-state index in [0.29, 0.717) is 11.7 Å². The second-order valence-electron chi connectivity index (χ2n) is 5.88. The third kappa shape index (κ3) is 3.80. The SMILES string of the molecule is NC(=O)[C@H](c1ccccc1)N1CCC[C@@H](C(=O)Nc2nccs2)C1. The van der Waals surface area contributed by atoms with Crippen LogP contribution in [0.5, 0.6) is 0 Å². The quantitative estimate of drug-likeness (QED) is 0.868. The van der Waals surface area contributed by atoms with Crippen molar-refractivity contribution in [2.75, 3.05) is 18.4 Å². The summed E-state index contributed by atoms with van der Waals surface area (Å²) < 4.78 is 0. The van der Waals surface area contributed by atoms with Gasteiger partial charge in [0.1, 0.15) is 6.04 Å². The van der Waals surface area contributed by atoms with Crippen LogP contribution in [-0.2, 0) is 9.59 Å². The number of rotatable bonds is 5. The van der Waals surface area contributed by atoms with Crippen molar-refractivity contribution in [2.24, 2.45) is 11.7 Å². The zero-order chi connectivity index (χ0) is 16.9. The highest BCUT2D eigenvalue weighted by molar-refractivity contribution is 7.13. The van der Waals surface area contributed by atoms with E-state index in [1.54, 1.807) is 6.20 Å². The van der Waals surface area contributed by atoms with Gasteiger partial charge < -0.3 is 11.1 Å². The van der Waals surface area contributed by atoms with Crippen LogP contribution in [-0.4, -0.2) is 34.8 Å². The summed E-state index contributed by atoms with van der Waals surface area (Å²) >= 11 is 1.39. The number of nitrogens with one attached hydrogen (secondary N) is 1. The molecule has 0 spiro atoms. The molecule has 0 unspecified atom stereocenters. The molecule has 1 aliphatic rings. The van der Waals surface area contributed by atoms with Crippen LogP contribution in [0.3, 0.4) is 0 Å². The molecule has 126 valence electrons. The van der Waals surface area contributed by atoms with Crippen molar-refractivity contribution in [3.8, 4) is 0 Å². The maximum atomic E-state index is 12.5. The molecule has 0 aliphatic carbocycles. The van der Waals surface area contributed by atoms with E-state index in [2.05, 4.69) is 10.3 Å². The number of benzene rings is 1. The number of hydrogen-bond donors (Lipinski definition) is 2. The number of aromatic nitrogens is 1. The molecular weight excluding hydrogens is 324 g/mol. The maximum absolute atomic E-state index is 12.5. The molecule has 2 heterocycles. The van der Waals surface area contributed by atoms with Gasteiger partial charge in [-0.1, -0.05) is 30.3 Å². The average molecular weight is 344 g/mol. The summed E-state index contributed by atoms with van der Waals surface area (Å²) in [5.74, 6) is -0.610. The molecule has 7 heteroatoms. The second kappa shape index (κ2) is 7.55. The van der Waals surface area contributed by atoms with Crippen LogP contribution in [0.4, 0.5) is 5.13 Å². The predicted octanol–water partition coefficient (Wildman–Crippen LogP) is 2.02. The summed E-state index contributed by atoms with van der Waals surface area (Å²) in [5.41, 5.74) is 6.51. The van der Waals surface area contributed by atoms with Crippen molar-refractivity contribution in [2.45, 2.75) is 18.9 Å². The fraction of sp³-hybridized carbons (Fsp3) is 0.353. The van der Waals surface area contributed by atoms with Crippen molar-refractivity contribution >= 4 is 28.3 Å². The van der Waals surface area contributed by atoms with Crippen LogP contribution < -0.4 is 11.1 Å². The topological polar surface area (TPSA) is 88.3 Å². The van der Waals surface area contributed by atoms with Gasteiger partial charge in [0, 0.05) is 18.1 Å². The molecule has 1 aromatic carbocycles. The zero-order valence-electron chi connectivity index (χ0n) is 13.2. The average Bonchev–Trinajstić information content (AvgIpc) is 3.09. The number of carbonyl (C=O) groups is 2. The molecule has 6 nitrogen and oxygen atoms in total. The lowest BCUT2D eigenvalue weighted by Gasteiger charge is -2.36. The van der Waals surface area contributed by atoms with Crippen molar-refractivity contribution in [1.82, 2.24) is 9.88 Å². The van der Waals surface area contributed by atoms with Gasteiger partial charge in [-0.2, -0.15) is 0 Å². The Bertz CT molecular complexity index is 690. The molecule has 0 bridgehead atoms. The van der Waals surface area contributed by atoms with Crippen LogP contribution in [0.15, 0.2) is 41.9 Å². The molecular formula is C17H20N4O2S. The van der Waals surface area contributed by atoms with E-state index in [1.165, 1.54) is 11.3 Å². The Kier molecular flexibility index (Phi) is 5.22. The van der Waals surface area contributed by atoms with Gasteiger partial charge in [-0.05, 0) is 24.9 Å². The number of carbonyl (C=O) groups excluding carboxylic acids is 2. The van der Waals surface area contributed by atoms with E-state index in [4.69, 9.17) is 5.73 Å². The molecule has 2 amide bonds. The van der Waals surface area contributed by atoms with Gasteiger partial charge in [-0.15, -0.1) is 11.3 Å². The number of anilines is 1. The van der Waals surface area contributed by atoms with Gasteiger partial charge in [0.05, 0.1) is 5.92 Å². The summed E-state index contributed by atoms with van der Waals surface area (Å²) in [6, 6.07) is 8.98. The normalized spacial score (nSPS) is 19.6. The number of thiazole rings is 1. The zero-order valence-corrected chi connectivity index (χ0v) is 14.0. The van der Waals surface area contributed by atoms with E-state index in [1.807, 2.05) is 40.6 Å². The van der Waals surface area contributed by atoms with Crippen LogP contribution in [0.2, 0.25) is 0 Å². The number of amides is 2. The van der Waals surface area contributed by atoms with Crippen LogP contribution in [0.1, 0.15) is 24.4 Å². The van der Waals surface area contributed by atoms with Crippen molar-refractivity contribution in [3.63, 3.8) is 0 Å².